The lowest BCUT2D eigenvalue weighted by Crippen LogP contribution is -2.74. The number of carbonyl (C=O) groups excluding carboxylic acids is 4. The van der Waals surface area contributed by atoms with E-state index < -0.39 is 57.0 Å². The highest BCUT2D eigenvalue weighted by Crippen LogP contribution is 2.42. The summed E-state index contributed by atoms with van der Waals surface area (Å²) in [5.41, 5.74) is -1.72. The Labute approximate surface area is 238 Å². The zero-order chi connectivity index (χ0) is 28.4. The van der Waals surface area contributed by atoms with Gasteiger partial charge < -0.3 is 30.0 Å². The van der Waals surface area contributed by atoms with Gasteiger partial charge in [0.15, 0.2) is 5.71 Å². The first-order valence-corrected chi connectivity index (χ1v) is 12.9. The second-order valence-corrected chi connectivity index (χ2v) is 11.8. The number of carbonyl (C=O) groups is 5. The average Bonchev–Trinajstić information content (AvgIpc) is 2.85. The Kier molecular flexibility index (Phi) is 9.14. The largest absolute Gasteiger partial charge is 0.506 e. The summed E-state index contributed by atoms with van der Waals surface area (Å²) in [5, 5.41) is 26.7. The van der Waals surface area contributed by atoms with Crippen LogP contribution in [0.1, 0.15) is 5.56 Å². The van der Waals surface area contributed by atoms with E-state index in [0.29, 0.717) is 0 Å². The van der Waals surface area contributed by atoms with Gasteiger partial charge in [0.1, 0.15) is 36.3 Å². The van der Waals surface area contributed by atoms with Gasteiger partial charge in [-0.05, 0) is 18.2 Å². The SMILES string of the molecule is CON=C(C(=O)NC1C(=O)N2CC(COC(=O)NC(=O)C(Cl)(Cl)Cl)(C(=O)O)CS[C@H]12)c1ccc(O)c(Cl)c1. The van der Waals surface area contributed by atoms with Gasteiger partial charge in [0.2, 0.25) is 5.91 Å². The van der Waals surface area contributed by atoms with Crippen molar-refractivity contribution >= 4 is 93.7 Å². The van der Waals surface area contributed by atoms with Gasteiger partial charge in [0, 0.05) is 17.9 Å². The van der Waals surface area contributed by atoms with E-state index in [0.717, 1.165) is 11.8 Å². The number of carboxylic acids is 1. The molecule has 3 atom stereocenters. The van der Waals surface area contributed by atoms with E-state index in [1.54, 1.807) is 5.32 Å². The van der Waals surface area contributed by atoms with Gasteiger partial charge in [0.05, 0.1) is 5.02 Å². The average molecular weight is 632 g/mol. The maximum atomic E-state index is 12.9. The number of fused-ring (bicyclic) bond motifs is 1. The molecule has 2 saturated heterocycles. The van der Waals surface area contributed by atoms with Crippen LogP contribution in [-0.4, -0.2) is 91.8 Å². The molecule has 13 nitrogen and oxygen atoms in total. The zero-order valence-electron chi connectivity index (χ0n) is 19.1. The second kappa shape index (κ2) is 11.6. The summed E-state index contributed by atoms with van der Waals surface area (Å²) in [4.78, 5) is 67.2. The lowest BCUT2D eigenvalue weighted by molar-refractivity contribution is -0.160. The van der Waals surface area contributed by atoms with Crippen LogP contribution in [0.15, 0.2) is 23.4 Å². The Balaban J connectivity index is 1.66. The molecule has 206 valence electrons. The zero-order valence-corrected chi connectivity index (χ0v) is 22.9. The third-order valence-electron chi connectivity index (χ3n) is 5.46. The predicted molar refractivity (Wildman–Crippen MR) is 136 cm³/mol. The number of imide groups is 1. The summed E-state index contributed by atoms with van der Waals surface area (Å²) in [6, 6.07) is 2.91. The Morgan fingerprint density at radius 3 is 2.55 bits per heavy atom. The molecule has 1 aromatic rings. The maximum absolute atomic E-state index is 12.9. The first-order chi connectivity index (χ1) is 17.7. The molecule has 2 unspecified atom stereocenters. The van der Waals surface area contributed by atoms with E-state index in [1.165, 1.54) is 30.2 Å². The molecule has 3 rings (SSSR count). The van der Waals surface area contributed by atoms with Gasteiger partial charge in [-0.3, -0.25) is 24.5 Å². The van der Waals surface area contributed by atoms with Gasteiger partial charge in [-0.1, -0.05) is 51.6 Å². The maximum Gasteiger partial charge on any atom is 0.413 e. The van der Waals surface area contributed by atoms with E-state index in [1.807, 2.05) is 0 Å². The van der Waals surface area contributed by atoms with Gasteiger partial charge >= 0.3 is 12.1 Å². The number of β-lactam (4-membered cyclic amide) rings is 1. The van der Waals surface area contributed by atoms with Crippen LogP contribution >= 0.6 is 58.2 Å². The minimum atomic E-state index is -2.44. The molecule has 4 amide bonds. The van der Waals surface area contributed by atoms with Crippen LogP contribution in [0, 0.1) is 5.41 Å². The molecule has 18 heteroatoms. The smallest absolute Gasteiger partial charge is 0.413 e. The molecular weight excluding hydrogens is 614 g/mol. The van der Waals surface area contributed by atoms with E-state index in [4.69, 9.17) is 56.0 Å². The second-order valence-electron chi connectivity index (χ2n) is 8.02. The number of halogens is 4. The monoisotopic (exact) mass is 630 g/mol. The van der Waals surface area contributed by atoms with Crippen molar-refractivity contribution in [3.63, 3.8) is 0 Å². The number of nitrogens with one attached hydrogen (secondary N) is 2. The molecule has 0 spiro atoms. The number of benzene rings is 1. The fraction of sp³-hybridized carbons (Fsp3) is 0.400. The summed E-state index contributed by atoms with van der Waals surface area (Å²) in [6.45, 7) is -1.04. The molecule has 1 aromatic carbocycles. The van der Waals surface area contributed by atoms with Crippen molar-refractivity contribution in [2.24, 2.45) is 10.6 Å². The third-order valence-corrected chi connectivity index (χ3v) is 7.86. The normalized spacial score (nSPS) is 23.0. The lowest BCUT2D eigenvalue weighted by atomic mass is 9.88. The van der Waals surface area contributed by atoms with Crippen LogP contribution in [0.2, 0.25) is 5.02 Å². The molecular formula is C20H18Cl4N4O9S. The summed E-state index contributed by atoms with van der Waals surface area (Å²) in [6.07, 6.45) is -1.34. The van der Waals surface area contributed by atoms with Gasteiger partial charge in [-0.15, -0.1) is 11.8 Å². The molecule has 0 aromatic heterocycles. The number of alkyl carbamates (subject to hydrolysis) is 1. The highest BCUT2D eigenvalue weighted by molar-refractivity contribution is 8.00. The number of carboxylic acid groups (broad SMARTS) is 1. The molecule has 2 fully saturated rings. The summed E-state index contributed by atoms with van der Waals surface area (Å²) in [5.74, 6) is -4.34. The summed E-state index contributed by atoms with van der Waals surface area (Å²) in [7, 11) is 1.21. The van der Waals surface area contributed by atoms with Crippen LogP contribution in [0.5, 0.6) is 5.75 Å². The molecule has 0 radical (unpaired) electrons. The van der Waals surface area contributed by atoms with Crippen LogP contribution < -0.4 is 10.6 Å². The van der Waals surface area contributed by atoms with Crippen molar-refractivity contribution in [3.8, 4) is 5.75 Å². The number of nitrogens with zero attached hydrogens (tertiary/aromatic N) is 2. The third kappa shape index (κ3) is 6.31. The van der Waals surface area contributed by atoms with E-state index in [-0.39, 0.29) is 34.3 Å². The number of aliphatic carboxylic acids is 1. The molecule has 0 saturated carbocycles. The molecule has 2 aliphatic heterocycles. The predicted octanol–water partition coefficient (Wildman–Crippen LogP) is 1.49. The number of amides is 4. The number of rotatable bonds is 7. The first-order valence-electron chi connectivity index (χ1n) is 10.3. The molecule has 38 heavy (non-hydrogen) atoms. The van der Waals surface area contributed by atoms with Crippen molar-refractivity contribution in [2.45, 2.75) is 15.2 Å². The van der Waals surface area contributed by atoms with Crippen LogP contribution in [0.25, 0.3) is 0 Å². The van der Waals surface area contributed by atoms with Crippen LogP contribution in [-0.2, 0) is 28.8 Å². The van der Waals surface area contributed by atoms with E-state index >= 15 is 0 Å². The number of ether oxygens (including phenoxy) is 1. The number of phenols is 1. The number of thioether (sulfide) groups is 1. The fourth-order valence-electron chi connectivity index (χ4n) is 3.49. The number of phenolic OH excluding ortho intramolecular Hbond substituents is 1. The Bertz CT molecular complexity index is 1210. The highest BCUT2D eigenvalue weighted by atomic mass is 35.6. The number of hydrogen-bond acceptors (Lipinski definition) is 10. The van der Waals surface area contributed by atoms with Crippen molar-refractivity contribution in [1.82, 2.24) is 15.5 Å². The molecule has 2 heterocycles. The van der Waals surface area contributed by atoms with Gasteiger partial charge in [-0.2, -0.15) is 0 Å². The van der Waals surface area contributed by atoms with E-state index in [2.05, 4.69) is 10.5 Å². The Hall–Kier alpha value is -2.65. The Morgan fingerprint density at radius 1 is 1.29 bits per heavy atom. The Morgan fingerprint density at radius 2 is 1.97 bits per heavy atom. The number of alkyl halides is 3. The topological polar surface area (TPSA) is 184 Å². The fourth-order valence-corrected chi connectivity index (χ4v) is 5.34. The quantitative estimate of drug-likeness (QED) is 0.149. The minimum Gasteiger partial charge on any atom is -0.506 e. The van der Waals surface area contributed by atoms with E-state index in [9.17, 15) is 34.2 Å². The van der Waals surface area contributed by atoms with Gasteiger partial charge in [0.25, 0.3) is 15.6 Å². The van der Waals surface area contributed by atoms with Gasteiger partial charge in [-0.25, -0.2) is 4.79 Å². The van der Waals surface area contributed by atoms with Crippen molar-refractivity contribution in [3.05, 3.63) is 28.8 Å². The molecule has 0 aliphatic carbocycles. The van der Waals surface area contributed by atoms with Crippen molar-refractivity contribution in [2.75, 3.05) is 26.0 Å². The number of hydrogen-bond donors (Lipinski definition) is 4. The standard InChI is InChI=1S/C20H18Cl4N4O9S/c1-36-27-11(8-2-3-10(29)9(21)4-8)13(30)25-12-14(31)28-5-19(17(33)34,7-38-15(12)28)6-37-18(35)26-16(32)20(22,23)24/h2-4,12,15,29H,5-7H2,1H3,(H,25,30)(H,33,34)(H,26,32,35)/t12?,15-,19?/m1/s1. The van der Waals surface area contributed by atoms with Crippen molar-refractivity contribution in [1.29, 1.82) is 0 Å². The van der Waals surface area contributed by atoms with Crippen molar-refractivity contribution < 1.29 is 43.8 Å². The van der Waals surface area contributed by atoms with Crippen LogP contribution in [0.3, 0.4) is 0 Å². The lowest BCUT2D eigenvalue weighted by Gasteiger charge is -2.53. The molecule has 4 N–H and O–H groups in total. The number of oxime groups is 1. The molecule has 2 aliphatic rings. The first kappa shape index (κ1) is 29.9. The summed E-state index contributed by atoms with van der Waals surface area (Å²) < 4.78 is 2.42. The summed E-state index contributed by atoms with van der Waals surface area (Å²) >= 11 is 23.0. The minimum absolute atomic E-state index is 0.0367. The number of aromatic hydroxyl groups is 1. The van der Waals surface area contributed by atoms with Crippen LogP contribution in [0.4, 0.5) is 4.79 Å². The highest BCUT2D eigenvalue weighted by Gasteiger charge is 2.58. The molecule has 0 bridgehead atoms.